The molecule has 9 nitrogen and oxygen atoms in total. The SMILES string of the molecule is CC1(C)CC(Oc2cccc(/C(S)=C(O)/C(=C/OO)OCO)c2)CCN1SCc1cccc(N)c1.O.[Y]. The molecule has 0 aliphatic carbocycles. The second-order valence-electron chi connectivity index (χ2n) is 8.75. The zero-order valence-electron chi connectivity index (χ0n) is 20.8. The summed E-state index contributed by atoms with van der Waals surface area (Å²) in [5, 5.41) is 28.0. The molecule has 1 fully saturated rings. The Balaban J connectivity index is 0.00000342. The summed E-state index contributed by atoms with van der Waals surface area (Å²) < 4.78 is 13.6. The minimum atomic E-state index is -0.713. The molecule has 1 atom stereocenters. The molecular formula is C25H34N2O7S2Y. The Morgan fingerprint density at radius 3 is 2.62 bits per heavy atom. The van der Waals surface area contributed by atoms with Gasteiger partial charge in [-0.1, -0.05) is 36.2 Å². The van der Waals surface area contributed by atoms with E-state index in [4.69, 9.17) is 25.6 Å². The first kappa shape index (κ1) is 33.6. The molecule has 1 unspecified atom stereocenters. The van der Waals surface area contributed by atoms with Crippen LogP contribution >= 0.6 is 24.6 Å². The van der Waals surface area contributed by atoms with Crippen molar-refractivity contribution in [2.45, 2.75) is 44.1 Å². The fourth-order valence-corrected chi connectivity index (χ4v) is 5.33. The number of thiol groups is 1. The molecule has 1 saturated heterocycles. The van der Waals surface area contributed by atoms with E-state index >= 15 is 0 Å². The number of ether oxygens (including phenoxy) is 2. The molecule has 1 radical (unpaired) electrons. The predicted molar refractivity (Wildman–Crippen MR) is 145 cm³/mol. The zero-order chi connectivity index (χ0) is 25.4. The van der Waals surface area contributed by atoms with Gasteiger partial charge in [-0.15, -0.1) is 12.6 Å². The third-order valence-corrected chi connectivity index (χ3v) is 7.56. The molecule has 1 aliphatic heterocycles. The summed E-state index contributed by atoms with van der Waals surface area (Å²) >= 11 is 6.18. The number of aliphatic hydroxyl groups is 2. The minimum absolute atomic E-state index is 0. The second-order valence-corrected chi connectivity index (χ2v) is 10.2. The van der Waals surface area contributed by atoms with Crippen molar-refractivity contribution in [3.63, 3.8) is 0 Å². The normalized spacial score (nSPS) is 18.1. The van der Waals surface area contributed by atoms with Crippen molar-refractivity contribution in [1.29, 1.82) is 0 Å². The summed E-state index contributed by atoms with van der Waals surface area (Å²) in [6.45, 7) is 4.61. The molecule has 12 heteroatoms. The molecule has 1 aliphatic rings. The number of rotatable bonds is 10. The summed E-state index contributed by atoms with van der Waals surface area (Å²) in [5.74, 6) is 0.840. The monoisotopic (exact) mass is 627 g/mol. The van der Waals surface area contributed by atoms with Gasteiger partial charge in [0.25, 0.3) is 0 Å². The molecule has 0 saturated carbocycles. The maximum absolute atomic E-state index is 10.4. The quantitative estimate of drug-likeness (QED) is 0.0379. The summed E-state index contributed by atoms with van der Waals surface area (Å²) in [6, 6.07) is 15.1. The van der Waals surface area contributed by atoms with Crippen molar-refractivity contribution in [3.05, 3.63) is 77.4 Å². The molecule has 1 heterocycles. The van der Waals surface area contributed by atoms with Gasteiger partial charge in [0.2, 0.25) is 5.76 Å². The Labute approximate surface area is 252 Å². The number of nitrogen functional groups attached to an aromatic ring is 1. The summed E-state index contributed by atoms with van der Waals surface area (Å²) in [7, 11) is 0. The number of benzene rings is 2. The third kappa shape index (κ3) is 9.67. The molecule has 0 aromatic heterocycles. The topological polar surface area (TPSA) is 149 Å². The van der Waals surface area contributed by atoms with Crippen LogP contribution in [0.5, 0.6) is 5.75 Å². The molecule has 2 aromatic rings. The molecule has 7 N–H and O–H groups in total. The van der Waals surface area contributed by atoms with E-state index in [1.54, 1.807) is 18.2 Å². The number of hydrogen-bond acceptors (Lipinski definition) is 10. The number of piperidine rings is 1. The van der Waals surface area contributed by atoms with Crippen LogP contribution in [0.3, 0.4) is 0 Å². The van der Waals surface area contributed by atoms with Crippen molar-refractivity contribution in [3.8, 4) is 5.75 Å². The van der Waals surface area contributed by atoms with E-state index < -0.39 is 12.6 Å². The van der Waals surface area contributed by atoms with Crippen molar-refractivity contribution >= 4 is 35.2 Å². The molecule has 201 valence electrons. The van der Waals surface area contributed by atoms with Crippen LogP contribution in [0.4, 0.5) is 5.69 Å². The van der Waals surface area contributed by atoms with Crippen molar-refractivity contribution in [2.24, 2.45) is 0 Å². The average molecular weight is 628 g/mol. The summed E-state index contributed by atoms with van der Waals surface area (Å²) in [5.41, 5.74) is 8.39. The minimum Gasteiger partial charge on any atom is -0.503 e. The maximum atomic E-state index is 10.4. The van der Waals surface area contributed by atoms with Gasteiger partial charge in [0.1, 0.15) is 11.9 Å². The summed E-state index contributed by atoms with van der Waals surface area (Å²) in [6.07, 6.45) is 2.50. The van der Waals surface area contributed by atoms with Crippen molar-refractivity contribution in [2.75, 3.05) is 19.1 Å². The third-order valence-electron chi connectivity index (χ3n) is 5.64. The van der Waals surface area contributed by atoms with Crippen LogP contribution in [0, 0.1) is 0 Å². The van der Waals surface area contributed by atoms with Crippen LogP contribution in [0.25, 0.3) is 4.91 Å². The van der Waals surface area contributed by atoms with E-state index in [0.29, 0.717) is 11.3 Å². The molecule has 0 spiro atoms. The average Bonchev–Trinajstić information content (AvgIpc) is 2.82. The Morgan fingerprint density at radius 2 is 1.97 bits per heavy atom. The smallest absolute Gasteiger partial charge is 0.203 e. The first-order chi connectivity index (χ1) is 16.7. The van der Waals surface area contributed by atoms with Gasteiger partial charge in [-0.3, -0.25) is 0 Å². The van der Waals surface area contributed by atoms with Gasteiger partial charge in [0.15, 0.2) is 18.8 Å². The molecule has 0 bridgehead atoms. The van der Waals surface area contributed by atoms with Crippen LogP contribution in [-0.2, 0) is 48.1 Å². The number of anilines is 1. The molecule has 37 heavy (non-hydrogen) atoms. The number of nitrogens with two attached hydrogens (primary N) is 1. The fraction of sp³-hybridized carbons (Fsp3) is 0.360. The van der Waals surface area contributed by atoms with Crippen molar-refractivity contribution in [1.82, 2.24) is 4.31 Å². The number of aliphatic hydroxyl groups excluding tert-OH is 2. The van der Waals surface area contributed by atoms with Gasteiger partial charge in [-0.05, 0) is 55.7 Å². The van der Waals surface area contributed by atoms with Gasteiger partial charge in [0, 0.05) is 62.7 Å². The van der Waals surface area contributed by atoms with Crippen LogP contribution in [-0.4, -0.2) is 50.2 Å². The van der Waals surface area contributed by atoms with E-state index in [0.717, 1.165) is 37.1 Å². The van der Waals surface area contributed by atoms with Gasteiger partial charge >= 0.3 is 0 Å². The molecule has 3 rings (SSSR count). The van der Waals surface area contributed by atoms with Gasteiger partial charge in [0.05, 0.1) is 4.91 Å². The maximum Gasteiger partial charge on any atom is 0.203 e. The fourth-order valence-electron chi connectivity index (χ4n) is 3.94. The Bertz CT molecular complexity index is 1070. The molecule has 2 aromatic carbocycles. The molecular weight excluding hydrogens is 593 g/mol. The van der Waals surface area contributed by atoms with Crippen LogP contribution < -0.4 is 10.5 Å². The first-order valence-corrected chi connectivity index (χ1v) is 12.5. The van der Waals surface area contributed by atoms with E-state index in [2.05, 4.69) is 41.7 Å². The molecule has 0 amide bonds. The van der Waals surface area contributed by atoms with Gasteiger partial charge < -0.3 is 35.8 Å². The van der Waals surface area contributed by atoms with Crippen LogP contribution in [0.15, 0.2) is 66.3 Å². The Hall–Kier alpha value is -1.44. The van der Waals surface area contributed by atoms with Gasteiger partial charge in [-0.2, -0.15) is 0 Å². The summed E-state index contributed by atoms with van der Waals surface area (Å²) in [4.78, 5) is 4.07. The standard InChI is InChI=1S/C25H32N2O6S2.H2O.Y/c1-25(2)13-21(9-10-27(25)35-15-17-5-3-7-19(26)11-17)33-20-8-4-6-18(12-20)24(34)23(29)22(14-32-30)31-16-28;;/h3-8,11-12,14,21,28-30,34H,9-10,13,15-16,26H2,1-2H3;1H2;/b22-14-,24-23+;;. The second kappa shape index (κ2) is 15.9. The number of nitrogens with zero attached hydrogens (tertiary/aromatic N) is 1. The Morgan fingerprint density at radius 1 is 1.24 bits per heavy atom. The zero-order valence-corrected chi connectivity index (χ0v) is 25.4. The predicted octanol–water partition coefficient (Wildman–Crippen LogP) is 4.37. The largest absolute Gasteiger partial charge is 0.503 e. The van der Waals surface area contributed by atoms with Crippen molar-refractivity contribution < 1.29 is 68.0 Å². The van der Waals surface area contributed by atoms with E-state index in [-0.39, 0.29) is 60.5 Å². The Kier molecular flexibility index (Phi) is 14.4. The van der Waals surface area contributed by atoms with Crippen LogP contribution in [0.2, 0.25) is 0 Å². The van der Waals surface area contributed by atoms with Gasteiger partial charge in [-0.25, -0.2) is 9.56 Å². The van der Waals surface area contributed by atoms with E-state index in [1.165, 1.54) is 5.56 Å². The first-order valence-electron chi connectivity index (χ1n) is 11.1. The number of hydrogen-bond donors (Lipinski definition) is 5. The van der Waals surface area contributed by atoms with Crippen LogP contribution in [0.1, 0.15) is 37.8 Å². The van der Waals surface area contributed by atoms with E-state index in [9.17, 15) is 5.11 Å². The van der Waals surface area contributed by atoms with E-state index in [1.807, 2.05) is 36.2 Å².